The zero-order valence-corrected chi connectivity index (χ0v) is 18.0. The van der Waals surface area contributed by atoms with Crippen LogP contribution in [0.3, 0.4) is 0 Å². The summed E-state index contributed by atoms with van der Waals surface area (Å²) in [6, 6.07) is 10.8. The number of hydrogen-bond donors (Lipinski definition) is 3. The second-order valence-corrected chi connectivity index (χ2v) is 9.03. The number of aryl methyl sites for hydroxylation is 2. The topological polar surface area (TPSA) is 125 Å². The van der Waals surface area contributed by atoms with Gasteiger partial charge in [-0.1, -0.05) is 23.3 Å². The summed E-state index contributed by atoms with van der Waals surface area (Å²) in [5, 5.41) is 2.47. The number of sulfonamides is 1. The molecule has 3 amide bonds. The maximum Gasteiger partial charge on any atom is 0.269 e. The second kappa shape index (κ2) is 9.51. The Hall–Kier alpha value is -3.24. The maximum atomic E-state index is 12.2. The van der Waals surface area contributed by atoms with Crippen molar-refractivity contribution < 1.29 is 22.8 Å². The first-order valence-corrected chi connectivity index (χ1v) is 10.4. The van der Waals surface area contributed by atoms with Gasteiger partial charge in [0.1, 0.15) is 0 Å². The van der Waals surface area contributed by atoms with Crippen LogP contribution in [0.2, 0.25) is 0 Å². The number of amides is 3. The summed E-state index contributed by atoms with van der Waals surface area (Å²) in [6.07, 6.45) is 0. The minimum absolute atomic E-state index is 0.0489. The smallest absolute Gasteiger partial charge is 0.269 e. The van der Waals surface area contributed by atoms with Gasteiger partial charge in [-0.15, -0.1) is 0 Å². The predicted molar refractivity (Wildman–Crippen MR) is 111 cm³/mol. The standard InChI is InChI=1S/C20H24N4O5S/c1-13-8-14(2)10-16(9-13)19(26)21-12-18(25)22-23-20(27)15-6-5-7-17(11-15)30(28,29)24(3)4/h5-11H,12H2,1-4H3,(H,21,26)(H,22,25)(H,23,27). The summed E-state index contributed by atoms with van der Waals surface area (Å²) in [6.45, 7) is 3.39. The summed E-state index contributed by atoms with van der Waals surface area (Å²) >= 11 is 0. The van der Waals surface area contributed by atoms with E-state index in [-0.39, 0.29) is 17.0 Å². The van der Waals surface area contributed by atoms with E-state index >= 15 is 0 Å². The Kier molecular flexibility index (Phi) is 7.30. The molecule has 10 heteroatoms. The minimum atomic E-state index is -3.70. The molecule has 0 saturated carbocycles. The molecule has 0 fully saturated rings. The Labute approximate surface area is 175 Å². The van der Waals surface area contributed by atoms with E-state index in [1.54, 1.807) is 12.1 Å². The molecular weight excluding hydrogens is 408 g/mol. The van der Waals surface area contributed by atoms with Gasteiger partial charge >= 0.3 is 0 Å². The number of benzene rings is 2. The lowest BCUT2D eigenvalue weighted by atomic mass is 10.1. The third-order valence-corrected chi connectivity index (χ3v) is 5.89. The zero-order chi connectivity index (χ0) is 22.5. The number of carbonyl (C=O) groups excluding carboxylic acids is 3. The van der Waals surface area contributed by atoms with Crippen molar-refractivity contribution in [2.24, 2.45) is 0 Å². The fraction of sp³-hybridized carbons (Fsp3) is 0.250. The maximum absolute atomic E-state index is 12.2. The average Bonchev–Trinajstić information content (AvgIpc) is 2.69. The molecule has 2 rings (SSSR count). The van der Waals surface area contributed by atoms with Crippen LogP contribution in [0.1, 0.15) is 31.8 Å². The quantitative estimate of drug-likeness (QED) is 0.581. The van der Waals surface area contributed by atoms with Gasteiger partial charge in [-0.25, -0.2) is 12.7 Å². The first-order chi connectivity index (χ1) is 14.0. The van der Waals surface area contributed by atoms with Gasteiger partial charge in [-0.05, 0) is 44.2 Å². The highest BCUT2D eigenvalue weighted by molar-refractivity contribution is 7.89. The molecule has 9 nitrogen and oxygen atoms in total. The molecular formula is C20H24N4O5S. The van der Waals surface area contributed by atoms with Crippen molar-refractivity contribution in [3.63, 3.8) is 0 Å². The molecule has 2 aromatic carbocycles. The summed E-state index contributed by atoms with van der Waals surface area (Å²) in [5.74, 6) is -1.75. The molecule has 30 heavy (non-hydrogen) atoms. The van der Waals surface area contributed by atoms with Gasteiger partial charge in [0.25, 0.3) is 17.7 Å². The van der Waals surface area contributed by atoms with Crippen LogP contribution < -0.4 is 16.2 Å². The molecule has 0 aromatic heterocycles. The fourth-order valence-corrected chi connectivity index (χ4v) is 3.57. The van der Waals surface area contributed by atoms with E-state index in [1.165, 1.54) is 38.4 Å². The Bertz CT molecular complexity index is 1060. The lowest BCUT2D eigenvalue weighted by molar-refractivity contribution is -0.120. The Balaban J connectivity index is 1.92. The highest BCUT2D eigenvalue weighted by Gasteiger charge is 2.19. The fourth-order valence-electron chi connectivity index (χ4n) is 2.62. The minimum Gasteiger partial charge on any atom is -0.343 e. The summed E-state index contributed by atoms with van der Waals surface area (Å²) in [7, 11) is -0.929. The molecule has 0 radical (unpaired) electrons. The molecule has 0 heterocycles. The van der Waals surface area contributed by atoms with Crippen LogP contribution in [0.15, 0.2) is 47.4 Å². The Morgan fingerprint density at radius 1 is 0.867 bits per heavy atom. The molecule has 0 saturated heterocycles. The first-order valence-electron chi connectivity index (χ1n) is 8.99. The Morgan fingerprint density at radius 3 is 2.10 bits per heavy atom. The monoisotopic (exact) mass is 432 g/mol. The molecule has 0 aliphatic heterocycles. The molecule has 0 unspecified atom stereocenters. The van der Waals surface area contributed by atoms with Gasteiger partial charge in [0.2, 0.25) is 10.0 Å². The van der Waals surface area contributed by atoms with Gasteiger partial charge in [-0.3, -0.25) is 25.2 Å². The number of nitrogens with zero attached hydrogens (tertiary/aromatic N) is 1. The van der Waals surface area contributed by atoms with Crippen LogP contribution >= 0.6 is 0 Å². The van der Waals surface area contributed by atoms with Crippen molar-refractivity contribution >= 4 is 27.7 Å². The van der Waals surface area contributed by atoms with Crippen molar-refractivity contribution in [2.75, 3.05) is 20.6 Å². The molecule has 0 aliphatic rings. The van der Waals surface area contributed by atoms with E-state index in [0.29, 0.717) is 5.56 Å². The van der Waals surface area contributed by atoms with E-state index in [2.05, 4.69) is 16.2 Å². The van der Waals surface area contributed by atoms with Gasteiger partial charge in [0.05, 0.1) is 11.4 Å². The number of carbonyl (C=O) groups is 3. The average molecular weight is 433 g/mol. The highest BCUT2D eigenvalue weighted by atomic mass is 32.2. The summed E-state index contributed by atoms with van der Waals surface area (Å²) < 4.78 is 25.4. The van der Waals surface area contributed by atoms with Gasteiger partial charge in [0, 0.05) is 25.2 Å². The number of hydrogen-bond acceptors (Lipinski definition) is 5. The lowest BCUT2D eigenvalue weighted by Crippen LogP contribution is -2.46. The largest absolute Gasteiger partial charge is 0.343 e. The van der Waals surface area contributed by atoms with Crippen LogP contribution in [0.4, 0.5) is 0 Å². The van der Waals surface area contributed by atoms with E-state index in [9.17, 15) is 22.8 Å². The summed E-state index contributed by atoms with van der Waals surface area (Å²) in [4.78, 5) is 36.2. The van der Waals surface area contributed by atoms with E-state index in [1.807, 2.05) is 19.9 Å². The number of nitrogens with one attached hydrogen (secondary N) is 3. The van der Waals surface area contributed by atoms with Crippen LogP contribution in [-0.4, -0.2) is 51.1 Å². The molecule has 2 aromatic rings. The van der Waals surface area contributed by atoms with Crippen LogP contribution in [0.5, 0.6) is 0 Å². The SMILES string of the molecule is Cc1cc(C)cc(C(=O)NCC(=O)NNC(=O)c2cccc(S(=O)(=O)N(C)C)c2)c1. The van der Waals surface area contributed by atoms with Crippen molar-refractivity contribution in [1.82, 2.24) is 20.5 Å². The normalized spacial score (nSPS) is 11.1. The number of hydrazine groups is 1. The molecule has 160 valence electrons. The predicted octanol–water partition coefficient (Wildman–Crippen LogP) is 0.745. The third kappa shape index (κ3) is 5.88. The highest BCUT2D eigenvalue weighted by Crippen LogP contribution is 2.14. The first kappa shape index (κ1) is 23.0. The molecule has 0 aliphatic carbocycles. The Morgan fingerprint density at radius 2 is 1.50 bits per heavy atom. The summed E-state index contributed by atoms with van der Waals surface area (Å²) in [5.41, 5.74) is 6.71. The second-order valence-electron chi connectivity index (χ2n) is 6.88. The van der Waals surface area contributed by atoms with Crippen molar-refractivity contribution in [1.29, 1.82) is 0 Å². The third-order valence-electron chi connectivity index (χ3n) is 4.08. The van der Waals surface area contributed by atoms with Crippen LogP contribution in [0.25, 0.3) is 0 Å². The van der Waals surface area contributed by atoms with Crippen LogP contribution in [0, 0.1) is 13.8 Å². The zero-order valence-electron chi connectivity index (χ0n) is 17.1. The van der Waals surface area contributed by atoms with E-state index in [0.717, 1.165) is 15.4 Å². The lowest BCUT2D eigenvalue weighted by Gasteiger charge is -2.12. The van der Waals surface area contributed by atoms with Crippen molar-refractivity contribution in [3.05, 3.63) is 64.7 Å². The molecule has 3 N–H and O–H groups in total. The van der Waals surface area contributed by atoms with Crippen LogP contribution in [-0.2, 0) is 14.8 Å². The van der Waals surface area contributed by atoms with Gasteiger partial charge in [0.15, 0.2) is 0 Å². The van der Waals surface area contributed by atoms with E-state index < -0.39 is 27.7 Å². The molecule has 0 atom stereocenters. The van der Waals surface area contributed by atoms with Crippen molar-refractivity contribution in [2.45, 2.75) is 18.7 Å². The van der Waals surface area contributed by atoms with Gasteiger partial charge in [-0.2, -0.15) is 0 Å². The van der Waals surface area contributed by atoms with Gasteiger partial charge < -0.3 is 5.32 Å². The molecule has 0 spiro atoms. The van der Waals surface area contributed by atoms with Crippen molar-refractivity contribution in [3.8, 4) is 0 Å². The molecule has 0 bridgehead atoms. The number of rotatable bonds is 6. The van der Waals surface area contributed by atoms with E-state index in [4.69, 9.17) is 0 Å².